The minimum atomic E-state index is -0.367. The molecule has 3 N–H and O–H groups in total. The number of anilines is 1. The van der Waals surface area contributed by atoms with Gasteiger partial charge in [0.1, 0.15) is 5.82 Å². The van der Waals surface area contributed by atoms with E-state index in [1.165, 1.54) is 6.07 Å². The molecule has 3 nitrogen and oxygen atoms in total. The molecule has 76 valence electrons. The Bertz CT molecular complexity index is 332. The Kier molecular flexibility index (Phi) is 3.88. The van der Waals surface area contributed by atoms with Crippen molar-refractivity contribution in [3.8, 4) is 0 Å². The maximum absolute atomic E-state index is 13.2. The molecular formula is C9H11BrFN3. The Labute approximate surface area is 90.3 Å². The van der Waals surface area contributed by atoms with E-state index in [1.807, 2.05) is 6.92 Å². The van der Waals surface area contributed by atoms with Gasteiger partial charge in [0.25, 0.3) is 0 Å². The highest BCUT2D eigenvalue weighted by Crippen LogP contribution is 2.24. The van der Waals surface area contributed by atoms with E-state index in [4.69, 9.17) is 5.73 Å². The van der Waals surface area contributed by atoms with Gasteiger partial charge in [0.2, 0.25) is 0 Å². The van der Waals surface area contributed by atoms with Crippen LogP contribution in [-0.2, 0) is 0 Å². The summed E-state index contributed by atoms with van der Waals surface area (Å²) in [4.78, 5) is 3.90. The molecule has 0 saturated heterocycles. The fourth-order valence-corrected chi connectivity index (χ4v) is 1.40. The third kappa shape index (κ3) is 2.70. The van der Waals surface area contributed by atoms with Crippen molar-refractivity contribution in [2.45, 2.75) is 6.92 Å². The lowest BCUT2D eigenvalue weighted by Crippen LogP contribution is -2.23. The molecule has 0 radical (unpaired) electrons. The smallest absolute Gasteiger partial charge is 0.193 e. The van der Waals surface area contributed by atoms with Gasteiger partial charge >= 0.3 is 0 Å². The van der Waals surface area contributed by atoms with Crippen LogP contribution in [0.25, 0.3) is 0 Å². The Balaban J connectivity index is 2.91. The van der Waals surface area contributed by atoms with Crippen molar-refractivity contribution in [3.05, 3.63) is 28.5 Å². The molecule has 0 spiro atoms. The monoisotopic (exact) mass is 259 g/mol. The van der Waals surface area contributed by atoms with Crippen LogP contribution in [0.4, 0.5) is 10.1 Å². The average Bonchev–Trinajstić information content (AvgIpc) is 2.12. The summed E-state index contributed by atoms with van der Waals surface area (Å²) in [6.07, 6.45) is 0. The third-order valence-corrected chi connectivity index (χ3v) is 2.21. The Morgan fingerprint density at radius 2 is 2.36 bits per heavy atom. The second kappa shape index (κ2) is 4.95. The van der Waals surface area contributed by atoms with Crippen molar-refractivity contribution < 1.29 is 4.39 Å². The molecule has 0 atom stereocenters. The molecular weight excluding hydrogens is 249 g/mol. The maximum atomic E-state index is 13.2. The van der Waals surface area contributed by atoms with Crippen LogP contribution in [0, 0.1) is 5.82 Å². The van der Waals surface area contributed by atoms with Crippen molar-refractivity contribution >= 4 is 27.6 Å². The van der Waals surface area contributed by atoms with Crippen molar-refractivity contribution in [1.82, 2.24) is 0 Å². The van der Waals surface area contributed by atoms with Crippen molar-refractivity contribution in [3.63, 3.8) is 0 Å². The molecule has 1 rings (SSSR count). The number of aliphatic imine (C=N–C) groups is 1. The zero-order valence-corrected chi connectivity index (χ0v) is 9.31. The molecule has 0 fully saturated rings. The Morgan fingerprint density at radius 3 is 2.93 bits per heavy atom. The minimum absolute atomic E-state index is 0.207. The lowest BCUT2D eigenvalue weighted by molar-refractivity contribution is 0.631. The molecule has 0 aromatic heterocycles. The molecule has 0 amide bonds. The van der Waals surface area contributed by atoms with E-state index in [0.29, 0.717) is 16.7 Å². The van der Waals surface area contributed by atoms with Crippen LogP contribution >= 0.6 is 15.9 Å². The number of benzene rings is 1. The third-order valence-electron chi connectivity index (χ3n) is 1.54. The summed E-state index contributed by atoms with van der Waals surface area (Å²) in [7, 11) is 0. The van der Waals surface area contributed by atoms with Gasteiger partial charge in [-0.25, -0.2) is 4.39 Å². The van der Waals surface area contributed by atoms with Gasteiger partial charge in [0, 0.05) is 11.0 Å². The predicted octanol–water partition coefficient (Wildman–Crippen LogP) is 2.33. The van der Waals surface area contributed by atoms with E-state index >= 15 is 0 Å². The summed E-state index contributed by atoms with van der Waals surface area (Å²) < 4.78 is 13.9. The second-order valence-corrected chi connectivity index (χ2v) is 3.44. The standard InChI is InChI=1S/C9H11BrFN3/c1-2-13-9(12)14-8-6(10)4-3-5-7(8)11/h3-5H,2H2,1H3,(H3,12,13,14). The molecule has 0 aliphatic rings. The van der Waals surface area contributed by atoms with Gasteiger partial charge in [-0.3, -0.25) is 4.99 Å². The molecule has 1 aromatic carbocycles. The average molecular weight is 260 g/mol. The normalized spacial score (nSPS) is 11.5. The molecule has 0 heterocycles. The van der Waals surface area contributed by atoms with Crippen LogP contribution in [0.2, 0.25) is 0 Å². The Hall–Kier alpha value is -1.10. The molecule has 5 heteroatoms. The SMILES string of the molecule is CCN=C(N)Nc1c(F)cccc1Br. The summed E-state index contributed by atoms with van der Waals surface area (Å²) in [5.41, 5.74) is 5.81. The molecule has 0 bridgehead atoms. The quantitative estimate of drug-likeness (QED) is 0.633. The zero-order valence-electron chi connectivity index (χ0n) is 7.72. The van der Waals surface area contributed by atoms with Crippen LogP contribution in [-0.4, -0.2) is 12.5 Å². The van der Waals surface area contributed by atoms with Gasteiger partial charge in [-0.1, -0.05) is 6.07 Å². The number of nitrogens with one attached hydrogen (secondary N) is 1. The number of guanidine groups is 1. The topological polar surface area (TPSA) is 50.4 Å². The highest BCUT2D eigenvalue weighted by Gasteiger charge is 2.06. The molecule has 1 aromatic rings. The first-order chi connectivity index (χ1) is 6.65. The number of rotatable bonds is 2. The van der Waals surface area contributed by atoms with Crippen LogP contribution in [0.5, 0.6) is 0 Å². The molecule has 14 heavy (non-hydrogen) atoms. The minimum Gasteiger partial charge on any atom is -0.370 e. The van der Waals surface area contributed by atoms with Gasteiger partial charge in [0.05, 0.1) is 5.69 Å². The summed E-state index contributed by atoms with van der Waals surface area (Å²) >= 11 is 3.21. The lowest BCUT2D eigenvalue weighted by Gasteiger charge is -2.08. The second-order valence-electron chi connectivity index (χ2n) is 2.58. The van der Waals surface area contributed by atoms with Gasteiger partial charge in [-0.15, -0.1) is 0 Å². The van der Waals surface area contributed by atoms with E-state index in [9.17, 15) is 4.39 Å². The number of nitrogens with zero attached hydrogens (tertiary/aromatic N) is 1. The summed E-state index contributed by atoms with van der Waals surface area (Å²) in [5, 5.41) is 2.69. The molecule has 0 aliphatic heterocycles. The number of hydrogen-bond donors (Lipinski definition) is 2. The Morgan fingerprint density at radius 1 is 1.64 bits per heavy atom. The fraction of sp³-hybridized carbons (Fsp3) is 0.222. The summed E-state index contributed by atoms with van der Waals surface area (Å²) in [6, 6.07) is 4.69. The zero-order chi connectivity index (χ0) is 10.6. The first kappa shape index (κ1) is 11.0. The highest BCUT2D eigenvalue weighted by atomic mass is 79.9. The van der Waals surface area contributed by atoms with Crippen LogP contribution in [0.15, 0.2) is 27.7 Å². The van der Waals surface area contributed by atoms with E-state index in [0.717, 1.165) is 0 Å². The predicted molar refractivity (Wildman–Crippen MR) is 59.9 cm³/mol. The molecule has 0 aliphatic carbocycles. The van der Waals surface area contributed by atoms with Crippen LogP contribution < -0.4 is 11.1 Å². The number of halogens is 2. The van der Waals surface area contributed by atoms with Gasteiger partial charge < -0.3 is 11.1 Å². The van der Waals surface area contributed by atoms with Crippen molar-refractivity contribution in [2.24, 2.45) is 10.7 Å². The molecule has 0 unspecified atom stereocenters. The number of para-hydroxylation sites is 1. The van der Waals surface area contributed by atoms with Crippen molar-refractivity contribution in [2.75, 3.05) is 11.9 Å². The maximum Gasteiger partial charge on any atom is 0.193 e. The van der Waals surface area contributed by atoms with Crippen molar-refractivity contribution in [1.29, 1.82) is 0 Å². The van der Waals surface area contributed by atoms with Crippen LogP contribution in [0.3, 0.4) is 0 Å². The lowest BCUT2D eigenvalue weighted by atomic mass is 10.3. The largest absolute Gasteiger partial charge is 0.370 e. The first-order valence-electron chi connectivity index (χ1n) is 4.16. The highest BCUT2D eigenvalue weighted by molar-refractivity contribution is 9.10. The number of hydrogen-bond acceptors (Lipinski definition) is 1. The summed E-state index contributed by atoms with van der Waals surface area (Å²) in [5.74, 6) is -0.160. The fourth-order valence-electron chi connectivity index (χ4n) is 0.955. The van der Waals surface area contributed by atoms with E-state index in [2.05, 4.69) is 26.2 Å². The van der Waals surface area contributed by atoms with Crippen LogP contribution in [0.1, 0.15) is 6.92 Å². The van der Waals surface area contributed by atoms with Gasteiger partial charge in [-0.2, -0.15) is 0 Å². The van der Waals surface area contributed by atoms with E-state index in [-0.39, 0.29) is 11.8 Å². The first-order valence-corrected chi connectivity index (χ1v) is 4.95. The van der Waals surface area contributed by atoms with E-state index < -0.39 is 0 Å². The molecule has 0 saturated carbocycles. The number of nitrogens with two attached hydrogens (primary N) is 1. The van der Waals surface area contributed by atoms with Gasteiger partial charge in [-0.05, 0) is 35.0 Å². The summed E-state index contributed by atoms with van der Waals surface area (Å²) in [6.45, 7) is 2.41. The van der Waals surface area contributed by atoms with E-state index in [1.54, 1.807) is 12.1 Å². The van der Waals surface area contributed by atoms with Gasteiger partial charge in [0.15, 0.2) is 5.96 Å².